The summed E-state index contributed by atoms with van der Waals surface area (Å²) in [4.78, 5) is 2.64. The van der Waals surface area contributed by atoms with Crippen LogP contribution in [0.2, 0.25) is 0 Å². The zero-order chi connectivity index (χ0) is 14.1. The van der Waals surface area contributed by atoms with Crippen molar-refractivity contribution in [2.75, 3.05) is 24.5 Å². The normalized spacial score (nSPS) is 24.6. The van der Waals surface area contributed by atoms with Crippen LogP contribution in [0.3, 0.4) is 0 Å². The van der Waals surface area contributed by atoms with Gasteiger partial charge in [0.15, 0.2) is 0 Å². The molecule has 2 fully saturated rings. The number of benzene rings is 1. The van der Waals surface area contributed by atoms with Gasteiger partial charge in [0.25, 0.3) is 0 Å². The number of piperazine rings is 1. The molecule has 2 N–H and O–H groups in total. The Morgan fingerprint density at radius 1 is 1.14 bits per heavy atom. The van der Waals surface area contributed by atoms with Crippen molar-refractivity contribution < 1.29 is 0 Å². The molecule has 21 heavy (non-hydrogen) atoms. The lowest BCUT2D eigenvalue weighted by atomic mass is 9.82. The van der Waals surface area contributed by atoms with E-state index in [1.54, 1.807) is 0 Å². The number of aromatic amines is 1. The molecule has 1 aliphatic heterocycles. The van der Waals surface area contributed by atoms with Crippen LogP contribution in [0, 0.1) is 5.92 Å². The number of nitrogens with zero attached hydrogens (tertiary/aromatic N) is 2. The monoisotopic (exact) mass is 284 g/mol. The van der Waals surface area contributed by atoms with Gasteiger partial charge < -0.3 is 10.2 Å². The van der Waals surface area contributed by atoms with E-state index in [4.69, 9.17) is 0 Å². The molecule has 0 radical (unpaired) electrons. The molecule has 2 aromatic rings. The van der Waals surface area contributed by atoms with Crippen LogP contribution in [-0.2, 0) is 0 Å². The molecule has 1 aromatic carbocycles. The summed E-state index contributed by atoms with van der Waals surface area (Å²) in [5.41, 5.74) is 2.49. The van der Waals surface area contributed by atoms with E-state index in [1.165, 1.54) is 43.2 Å². The Labute approximate surface area is 125 Å². The number of anilines is 1. The highest BCUT2D eigenvalue weighted by Gasteiger charge is 2.30. The molecule has 1 aliphatic carbocycles. The van der Waals surface area contributed by atoms with E-state index in [9.17, 15) is 0 Å². The Kier molecular flexibility index (Phi) is 3.55. The van der Waals surface area contributed by atoms with Gasteiger partial charge in [-0.25, -0.2) is 0 Å². The molecular weight excluding hydrogens is 260 g/mol. The summed E-state index contributed by atoms with van der Waals surface area (Å²) in [7, 11) is 0. The summed E-state index contributed by atoms with van der Waals surface area (Å²) in [6.45, 7) is 3.34. The van der Waals surface area contributed by atoms with Crippen molar-refractivity contribution in [1.82, 2.24) is 15.5 Å². The smallest absolute Gasteiger partial charge is 0.0651 e. The molecule has 2 aliphatic rings. The van der Waals surface area contributed by atoms with Crippen LogP contribution in [0.25, 0.3) is 10.9 Å². The van der Waals surface area contributed by atoms with Gasteiger partial charge >= 0.3 is 0 Å². The second kappa shape index (κ2) is 5.68. The van der Waals surface area contributed by atoms with Crippen LogP contribution in [0.5, 0.6) is 0 Å². The summed E-state index contributed by atoms with van der Waals surface area (Å²) in [6, 6.07) is 7.36. The van der Waals surface area contributed by atoms with E-state index in [1.807, 2.05) is 6.20 Å². The standard InChI is InChI=1S/C17H24N4/c1-2-4-13(5-3-1)17-12-18-8-9-21(17)15-6-7-16-14(10-15)11-19-20-16/h6-7,10-11,13,17-18H,1-5,8-9,12H2,(H,19,20). The molecule has 1 unspecified atom stereocenters. The molecule has 1 aromatic heterocycles. The molecule has 0 bridgehead atoms. The first-order valence-electron chi connectivity index (χ1n) is 8.32. The van der Waals surface area contributed by atoms with Crippen molar-refractivity contribution in [1.29, 1.82) is 0 Å². The summed E-state index contributed by atoms with van der Waals surface area (Å²) < 4.78 is 0. The van der Waals surface area contributed by atoms with Gasteiger partial charge in [-0.15, -0.1) is 0 Å². The largest absolute Gasteiger partial charge is 0.366 e. The Morgan fingerprint density at radius 2 is 2.05 bits per heavy atom. The fourth-order valence-electron chi connectivity index (χ4n) is 4.09. The van der Waals surface area contributed by atoms with Gasteiger partial charge in [-0.05, 0) is 37.0 Å². The fourth-order valence-corrected chi connectivity index (χ4v) is 4.09. The van der Waals surface area contributed by atoms with E-state index < -0.39 is 0 Å². The van der Waals surface area contributed by atoms with Gasteiger partial charge in [0.2, 0.25) is 0 Å². The lowest BCUT2D eigenvalue weighted by molar-refractivity contribution is 0.272. The van der Waals surface area contributed by atoms with E-state index in [-0.39, 0.29) is 0 Å². The van der Waals surface area contributed by atoms with Crippen LogP contribution in [-0.4, -0.2) is 35.9 Å². The topological polar surface area (TPSA) is 44.0 Å². The van der Waals surface area contributed by atoms with Gasteiger partial charge in [-0.1, -0.05) is 19.3 Å². The molecule has 1 saturated carbocycles. The van der Waals surface area contributed by atoms with Crippen LogP contribution in [0.1, 0.15) is 32.1 Å². The molecule has 4 heteroatoms. The minimum Gasteiger partial charge on any atom is -0.366 e. The van der Waals surface area contributed by atoms with Crippen molar-refractivity contribution in [2.24, 2.45) is 5.92 Å². The zero-order valence-electron chi connectivity index (χ0n) is 12.5. The van der Waals surface area contributed by atoms with Crippen molar-refractivity contribution in [3.8, 4) is 0 Å². The first kappa shape index (κ1) is 13.1. The maximum absolute atomic E-state index is 4.14. The first-order valence-corrected chi connectivity index (χ1v) is 8.32. The van der Waals surface area contributed by atoms with Crippen molar-refractivity contribution in [3.63, 3.8) is 0 Å². The molecule has 0 spiro atoms. The van der Waals surface area contributed by atoms with Gasteiger partial charge in [-0.3, -0.25) is 5.10 Å². The number of aromatic nitrogens is 2. The third-order valence-corrected chi connectivity index (χ3v) is 5.23. The minimum atomic E-state index is 0.656. The highest BCUT2D eigenvalue weighted by Crippen LogP contribution is 2.32. The molecule has 4 nitrogen and oxygen atoms in total. The Morgan fingerprint density at radius 3 is 2.95 bits per heavy atom. The highest BCUT2D eigenvalue weighted by molar-refractivity contribution is 5.82. The number of hydrogen-bond acceptors (Lipinski definition) is 3. The van der Waals surface area contributed by atoms with E-state index in [0.717, 1.165) is 31.1 Å². The molecule has 1 saturated heterocycles. The highest BCUT2D eigenvalue weighted by atomic mass is 15.2. The molecule has 4 rings (SSSR count). The van der Waals surface area contributed by atoms with Crippen LogP contribution in [0.4, 0.5) is 5.69 Å². The second-order valence-corrected chi connectivity index (χ2v) is 6.50. The van der Waals surface area contributed by atoms with Crippen molar-refractivity contribution in [3.05, 3.63) is 24.4 Å². The molecule has 1 atom stereocenters. The van der Waals surface area contributed by atoms with Gasteiger partial charge in [0.1, 0.15) is 0 Å². The fraction of sp³-hybridized carbons (Fsp3) is 0.588. The number of rotatable bonds is 2. The Balaban J connectivity index is 1.62. The number of hydrogen-bond donors (Lipinski definition) is 2. The van der Waals surface area contributed by atoms with Gasteiger partial charge in [-0.2, -0.15) is 5.10 Å². The molecule has 112 valence electrons. The zero-order valence-corrected chi connectivity index (χ0v) is 12.5. The number of H-pyrrole nitrogens is 1. The molecule has 2 heterocycles. The number of fused-ring (bicyclic) bond motifs is 1. The van der Waals surface area contributed by atoms with Crippen LogP contribution >= 0.6 is 0 Å². The number of nitrogens with one attached hydrogen (secondary N) is 2. The van der Waals surface area contributed by atoms with Crippen molar-refractivity contribution >= 4 is 16.6 Å². The average Bonchev–Trinajstić information content (AvgIpc) is 3.03. The second-order valence-electron chi connectivity index (χ2n) is 6.50. The third-order valence-electron chi connectivity index (χ3n) is 5.23. The predicted octanol–water partition coefficient (Wildman–Crippen LogP) is 2.92. The Hall–Kier alpha value is -1.55. The quantitative estimate of drug-likeness (QED) is 0.891. The van der Waals surface area contributed by atoms with Gasteiger partial charge in [0, 0.05) is 36.7 Å². The summed E-state index contributed by atoms with van der Waals surface area (Å²) in [6.07, 6.45) is 8.98. The Bertz CT molecular complexity index is 600. The summed E-state index contributed by atoms with van der Waals surface area (Å²) in [5.74, 6) is 0.853. The minimum absolute atomic E-state index is 0.656. The predicted molar refractivity (Wildman–Crippen MR) is 86.7 cm³/mol. The lowest BCUT2D eigenvalue weighted by Gasteiger charge is -2.43. The first-order chi connectivity index (χ1) is 10.4. The van der Waals surface area contributed by atoms with E-state index in [0.29, 0.717) is 6.04 Å². The average molecular weight is 284 g/mol. The maximum atomic E-state index is 4.14. The molecule has 0 amide bonds. The van der Waals surface area contributed by atoms with Crippen LogP contribution < -0.4 is 10.2 Å². The van der Waals surface area contributed by atoms with Crippen molar-refractivity contribution in [2.45, 2.75) is 38.1 Å². The summed E-state index contributed by atoms with van der Waals surface area (Å²) >= 11 is 0. The maximum Gasteiger partial charge on any atom is 0.0651 e. The van der Waals surface area contributed by atoms with Gasteiger partial charge in [0.05, 0.1) is 11.7 Å². The van der Waals surface area contributed by atoms with Crippen LogP contribution in [0.15, 0.2) is 24.4 Å². The molecular formula is C17H24N4. The summed E-state index contributed by atoms with van der Waals surface area (Å²) in [5, 5.41) is 12.0. The lowest BCUT2D eigenvalue weighted by Crippen LogP contribution is -2.55. The van der Waals surface area contributed by atoms with E-state index in [2.05, 4.69) is 38.6 Å². The third kappa shape index (κ3) is 2.53. The van der Waals surface area contributed by atoms with E-state index >= 15 is 0 Å². The SMILES string of the molecule is c1cc2[nH]ncc2cc1N1CCNCC1C1CCCCC1.